The number of anilines is 1. The van der Waals surface area contributed by atoms with Crippen molar-refractivity contribution in [3.8, 4) is 10.4 Å². The molecule has 0 aliphatic carbocycles. The Bertz CT molecular complexity index is 1020. The molecule has 1 aromatic carbocycles. The highest BCUT2D eigenvalue weighted by Crippen LogP contribution is 2.29. The maximum absolute atomic E-state index is 13.5. The fourth-order valence-electron chi connectivity index (χ4n) is 3.46. The van der Waals surface area contributed by atoms with Gasteiger partial charge in [0.2, 0.25) is 5.91 Å². The van der Waals surface area contributed by atoms with Gasteiger partial charge in [-0.15, -0.1) is 11.3 Å². The highest BCUT2D eigenvalue weighted by Gasteiger charge is 2.20. The van der Waals surface area contributed by atoms with E-state index in [1.54, 1.807) is 41.8 Å². The lowest BCUT2D eigenvalue weighted by atomic mass is 10.2. The summed E-state index contributed by atoms with van der Waals surface area (Å²) >= 11 is 7.69. The van der Waals surface area contributed by atoms with Gasteiger partial charge in [-0.2, -0.15) is 0 Å². The Balaban J connectivity index is 1.25. The molecule has 8 heteroatoms. The highest BCUT2D eigenvalue weighted by molar-refractivity contribution is 7.15. The second-order valence-electron chi connectivity index (χ2n) is 7.22. The largest absolute Gasteiger partial charge is 0.322 e. The van der Waals surface area contributed by atoms with Gasteiger partial charge in [-0.05, 0) is 42.0 Å². The molecule has 0 unspecified atom stereocenters. The maximum atomic E-state index is 13.5. The van der Waals surface area contributed by atoms with Crippen LogP contribution in [0.1, 0.15) is 4.88 Å². The zero-order valence-corrected chi connectivity index (χ0v) is 17.9. The van der Waals surface area contributed by atoms with Crippen molar-refractivity contribution in [2.24, 2.45) is 0 Å². The van der Waals surface area contributed by atoms with Crippen molar-refractivity contribution in [1.29, 1.82) is 0 Å². The molecule has 1 N–H and O–H groups in total. The molecule has 0 radical (unpaired) electrons. The summed E-state index contributed by atoms with van der Waals surface area (Å²) in [4.78, 5) is 23.1. The minimum Gasteiger partial charge on any atom is -0.322 e. The third kappa shape index (κ3) is 5.43. The van der Waals surface area contributed by atoms with Crippen LogP contribution in [0.2, 0.25) is 5.15 Å². The summed E-state index contributed by atoms with van der Waals surface area (Å²) in [5, 5.41) is 3.11. The fraction of sp³-hybridized carbons (Fsp3) is 0.273. The number of carbonyl (C=O) groups excluding carboxylic acids is 1. The SMILES string of the molecule is O=C(CN1CCN(Cc2ccc(-c3cccc(F)c3)s2)CC1)Nc1cccnc1Cl. The van der Waals surface area contributed by atoms with Crippen LogP contribution in [0.15, 0.2) is 54.7 Å². The quantitative estimate of drug-likeness (QED) is 0.574. The molecule has 1 aliphatic heterocycles. The number of thiophene rings is 1. The van der Waals surface area contributed by atoms with Gasteiger partial charge in [0.25, 0.3) is 0 Å². The van der Waals surface area contributed by atoms with E-state index in [1.807, 2.05) is 6.07 Å². The minimum atomic E-state index is -0.214. The Kier molecular flexibility index (Phi) is 6.74. The van der Waals surface area contributed by atoms with Crippen LogP contribution < -0.4 is 5.32 Å². The van der Waals surface area contributed by atoms with Gasteiger partial charge in [0, 0.05) is 48.7 Å². The molecule has 1 aliphatic rings. The van der Waals surface area contributed by atoms with Crippen molar-refractivity contribution in [1.82, 2.24) is 14.8 Å². The van der Waals surface area contributed by atoms with Crippen LogP contribution in [-0.2, 0) is 11.3 Å². The van der Waals surface area contributed by atoms with Gasteiger partial charge in [0.05, 0.1) is 12.2 Å². The van der Waals surface area contributed by atoms with Gasteiger partial charge in [-0.25, -0.2) is 9.37 Å². The molecule has 1 fully saturated rings. The smallest absolute Gasteiger partial charge is 0.238 e. The molecule has 0 saturated carbocycles. The molecule has 0 bridgehead atoms. The third-order valence-corrected chi connectivity index (χ3v) is 6.44. The van der Waals surface area contributed by atoms with Crippen LogP contribution in [0.25, 0.3) is 10.4 Å². The number of halogens is 2. The Morgan fingerprint density at radius 1 is 1.10 bits per heavy atom. The molecule has 3 heterocycles. The average molecular weight is 445 g/mol. The van der Waals surface area contributed by atoms with E-state index in [9.17, 15) is 9.18 Å². The molecule has 1 saturated heterocycles. The lowest BCUT2D eigenvalue weighted by Crippen LogP contribution is -2.48. The Morgan fingerprint density at radius 3 is 2.67 bits per heavy atom. The van der Waals surface area contributed by atoms with Crippen molar-refractivity contribution in [2.75, 3.05) is 38.0 Å². The standard InChI is InChI=1S/C22H22ClFN4OS/c23-22-19(5-2-8-25-22)26-21(29)15-28-11-9-27(10-12-28)14-18-6-7-20(30-18)16-3-1-4-17(24)13-16/h1-8,13H,9-12,14-15H2,(H,26,29). The van der Waals surface area contributed by atoms with E-state index in [4.69, 9.17) is 11.6 Å². The molecule has 0 spiro atoms. The zero-order valence-electron chi connectivity index (χ0n) is 16.4. The number of benzene rings is 1. The summed E-state index contributed by atoms with van der Waals surface area (Å²) in [5.74, 6) is -0.301. The first kappa shape index (κ1) is 20.9. The summed E-state index contributed by atoms with van der Waals surface area (Å²) in [5.41, 5.74) is 1.45. The van der Waals surface area contributed by atoms with Crippen LogP contribution in [0.3, 0.4) is 0 Å². The van der Waals surface area contributed by atoms with Crippen LogP contribution >= 0.6 is 22.9 Å². The molecule has 156 valence electrons. The Morgan fingerprint density at radius 2 is 1.90 bits per heavy atom. The van der Waals surface area contributed by atoms with Gasteiger partial charge in [0.1, 0.15) is 5.82 Å². The second-order valence-corrected chi connectivity index (χ2v) is 8.74. The number of rotatable bonds is 6. The molecule has 5 nitrogen and oxygen atoms in total. The number of carbonyl (C=O) groups is 1. The summed E-state index contributed by atoms with van der Waals surface area (Å²) in [6.07, 6.45) is 1.59. The summed E-state index contributed by atoms with van der Waals surface area (Å²) in [7, 11) is 0. The fourth-order valence-corrected chi connectivity index (χ4v) is 4.67. The van der Waals surface area contributed by atoms with Gasteiger partial charge in [0.15, 0.2) is 5.15 Å². The lowest BCUT2D eigenvalue weighted by Gasteiger charge is -2.34. The van der Waals surface area contributed by atoms with E-state index in [-0.39, 0.29) is 11.7 Å². The van der Waals surface area contributed by atoms with E-state index >= 15 is 0 Å². The van der Waals surface area contributed by atoms with Gasteiger partial charge < -0.3 is 5.32 Å². The van der Waals surface area contributed by atoms with Crippen molar-refractivity contribution < 1.29 is 9.18 Å². The lowest BCUT2D eigenvalue weighted by molar-refractivity contribution is -0.117. The summed E-state index contributed by atoms with van der Waals surface area (Å²) in [6.45, 7) is 4.65. The second kappa shape index (κ2) is 9.66. The van der Waals surface area contributed by atoms with Crippen molar-refractivity contribution >= 4 is 34.5 Å². The van der Waals surface area contributed by atoms with E-state index in [0.717, 1.165) is 43.2 Å². The zero-order chi connectivity index (χ0) is 20.9. The van der Waals surface area contributed by atoms with E-state index < -0.39 is 0 Å². The summed E-state index contributed by atoms with van der Waals surface area (Å²) in [6, 6.07) is 14.3. The number of aromatic nitrogens is 1. The normalized spacial score (nSPS) is 15.3. The molecular formula is C22H22ClFN4OS. The predicted molar refractivity (Wildman–Crippen MR) is 119 cm³/mol. The molecule has 0 atom stereocenters. The molecule has 30 heavy (non-hydrogen) atoms. The molecule has 3 aromatic rings. The number of pyridine rings is 1. The van der Waals surface area contributed by atoms with Gasteiger partial charge in [-0.1, -0.05) is 23.7 Å². The highest BCUT2D eigenvalue weighted by atomic mass is 35.5. The van der Waals surface area contributed by atoms with Gasteiger partial charge >= 0.3 is 0 Å². The minimum absolute atomic E-state index is 0.0867. The molecule has 4 rings (SSSR count). The van der Waals surface area contributed by atoms with E-state index in [0.29, 0.717) is 17.4 Å². The first-order chi connectivity index (χ1) is 14.6. The molecule has 1 amide bonds. The van der Waals surface area contributed by atoms with Crippen LogP contribution in [-0.4, -0.2) is 53.4 Å². The molecular weight excluding hydrogens is 423 g/mol. The van der Waals surface area contributed by atoms with E-state index in [1.165, 1.54) is 10.9 Å². The van der Waals surface area contributed by atoms with Gasteiger partial charge in [-0.3, -0.25) is 14.6 Å². The number of nitrogens with zero attached hydrogens (tertiary/aromatic N) is 3. The van der Waals surface area contributed by atoms with E-state index in [2.05, 4.69) is 32.2 Å². The van der Waals surface area contributed by atoms with Crippen LogP contribution in [0.4, 0.5) is 10.1 Å². The van der Waals surface area contributed by atoms with Crippen molar-refractivity contribution in [3.63, 3.8) is 0 Å². The number of hydrogen-bond acceptors (Lipinski definition) is 5. The third-order valence-electron chi connectivity index (χ3n) is 5.02. The number of piperazine rings is 1. The van der Waals surface area contributed by atoms with Crippen molar-refractivity contribution in [3.05, 3.63) is 70.6 Å². The number of amides is 1. The summed E-state index contributed by atoms with van der Waals surface area (Å²) < 4.78 is 13.5. The van der Waals surface area contributed by atoms with Crippen LogP contribution in [0, 0.1) is 5.82 Å². The van der Waals surface area contributed by atoms with Crippen molar-refractivity contribution in [2.45, 2.75) is 6.54 Å². The predicted octanol–water partition coefficient (Wildman–Crippen LogP) is 4.36. The first-order valence-electron chi connectivity index (χ1n) is 9.76. The Hall–Kier alpha value is -2.32. The first-order valence-corrected chi connectivity index (χ1v) is 11.0. The Labute approximate surface area is 184 Å². The monoisotopic (exact) mass is 444 g/mol. The number of hydrogen-bond donors (Lipinski definition) is 1. The topological polar surface area (TPSA) is 48.5 Å². The van der Waals surface area contributed by atoms with Crippen LogP contribution in [0.5, 0.6) is 0 Å². The maximum Gasteiger partial charge on any atom is 0.238 e. The molecule has 2 aromatic heterocycles. The number of nitrogens with one attached hydrogen (secondary N) is 1. The average Bonchev–Trinajstić information content (AvgIpc) is 3.20.